The van der Waals surface area contributed by atoms with Crippen LogP contribution in [-0.2, 0) is 0 Å². The molecule has 0 aliphatic carbocycles. The number of pyridine rings is 1. The summed E-state index contributed by atoms with van der Waals surface area (Å²) in [5, 5.41) is 3.49. The summed E-state index contributed by atoms with van der Waals surface area (Å²) in [6.45, 7) is 5.51. The zero-order valence-corrected chi connectivity index (χ0v) is 10.8. The van der Waals surface area contributed by atoms with Gasteiger partial charge in [-0.25, -0.2) is 4.98 Å². The van der Waals surface area contributed by atoms with Crippen molar-refractivity contribution in [2.24, 2.45) is 5.92 Å². The molecule has 0 aliphatic rings. The highest BCUT2D eigenvalue weighted by molar-refractivity contribution is 5.64. The average Bonchev–Trinajstić information content (AvgIpc) is 2.30. The highest BCUT2D eigenvalue weighted by atomic mass is 15.2. The second kappa shape index (κ2) is 6.36. The molecule has 0 atom stereocenters. The second-order valence-corrected chi connectivity index (χ2v) is 4.33. The summed E-state index contributed by atoms with van der Waals surface area (Å²) >= 11 is 0. The molecule has 0 unspecified atom stereocenters. The number of hydrogen-bond acceptors (Lipinski definition) is 3. The summed E-state index contributed by atoms with van der Waals surface area (Å²) < 4.78 is 0. The Morgan fingerprint density at radius 1 is 1.31 bits per heavy atom. The lowest BCUT2D eigenvalue weighted by Gasteiger charge is -2.19. The van der Waals surface area contributed by atoms with Gasteiger partial charge in [-0.05, 0) is 18.1 Å². The topological polar surface area (TPSA) is 28.2 Å². The van der Waals surface area contributed by atoms with E-state index in [0.29, 0.717) is 0 Å². The lowest BCUT2D eigenvalue weighted by atomic mass is 10.0. The molecule has 0 saturated carbocycles. The Morgan fingerprint density at radius 2 is 2.00 bits per heavy atom. The third-order valence-corrected chi connectivity index (χ3v) is 2.95. The van der Waals surface area contributed by atoms with Crippen molar-refractivity contribution in [3.8, 4) is 0 Å². The summed E-state index contributed by atoms with van der Waals surface area (Å²) in [5.41, 5.74) is 1.12. The summed E-state index contributed by atoms with van der Waals surface area (Å²) in [7, 11) is 4.04. The average molecular weight is 221 g/mol. The molecule has 1 rings (SSSR count). The van der Waals surface area contributed by atoms with Gasteiger partial charge in [-0.15, -0.1) is 0 Å². The maximum absolute atomic E-state index is 4.37. The van der Waals surface area contributed by atoms with Crippen molar-refractivity contribution in [2.45, 2.75) is 26.7 Å². The molecule has 1 aromatic heterocycles. The van der Waals surface area contributed by atoms with Crippen molar-refractivity contribution >= 4 is 11.5 Å². The SMILES string of the molecule is CCC(CC)CNc1cccnc1N(C)C. The van der Waals surface area contributed by atoms with Gasteiger partial charge in [0.1, 0.15) is 0 Å². The first-order valence-corrected chi connectivity index (χ1v) is 6.05. The maximum Gasteiger partial charge on any atom is 0.151 e. The van der Waals surface area contributed by atoms with E-state index in [1.807, 2.05) is 31.3 Å². The number of rotatable bonds is 6. The molecule has 3 nitrogen and oxygen atoms in total. The van der Waals surface area contributed by atoms with Crippen LogP contribution in [0.1, 0.15) is 26.7 Å². The van der Waals surface area contributed by atoms with Crippen LogP contribution in [0, 0.1) is 5.92 Å². The van der Waals surface area contributed by atoms with Crippen LogP contribution in [0.3, 0.4) is 0 Å². The van der Waals surface area contributed by atoms with Crippen molar-refractivity contribution in [1.82, 2.24) is 4.98 Å². The van der Waals surface area contributed by atoms with Crippen molar-refractivity contribution in [2.75, 3.05) is 30.9 Å². The molecular weight excluding hydrogens is 198 g/mol. The predicted octanol–water partition coefficient (Wildman–Crippen LogP) is 3.00. The zero-order chi connectivity index (χ0) is 12.0. The Morgan fingerprint density at radius 3 is 2.56 bits per heavy atom. The molecule has 16 heavy (non-hydrogen) atoms. The summed E-state index contributed by atoms with van der Waals surface area (Å²) in [5.74, 6) is 1.75. The van der Waals surface area contributed by atoms with Gasteiger partial charge in [0.05, 0.1) is 5.69 Å². The van der Waals surface area contributed by atoms with Gasteiger partial charge in [0.15, 0.2) is 5.82 Å². The molecule has 0 saturated heterocycles. The number of hydrogen-bond donors (Lipinski definition) is 1. The second-order valence-electron chi connectivity index (χ2n) is 4.33. The Hall–Kier alpha value is -1.25. The number of nitrogens with one attached hydrogen (secondary N) is 1. The Labute approximate surface area is 98.9 Å². The molecule has 1 aromatic rings. The summed E-state index contributed by atoms with van der Waals surface area (Å²) in [6.07, 6.45) is 4.28. The molecule has 0 amide bonds. The highest BCUT2D eigenvalue weighted by Gasteiger charge is 2.07. The van der Waals surface area contributed by atoms with Crippen LogP contribution < -0.4 is 10.2 Å². The van der Waals surface area contributed by atoms with E-state index in [1.54, 1.807) is 0 Å². The van der Waals surface area contributed by atoms with E-state index in [-0.39, 0.29) is 0 Å². The third-order valence-electron chi connectivity index (χ3n) is 2.95. The van der Waals surface area contributed by atoms with Gasteiger partial charge < -0.3 is 10.2 Å². The van der Waals surface area contributed by atoms with Gasteiger partial charge in [0.25, 0.3) is 0 Å². The van der Waals surface area contributed by atoms with E-state index in [2.05, 4.69) is 30.2 Å². The number of anilines is 2. The van der Waals surface area contributed by atoms with Gasteiger partial charge in [-0.3, -0.25) is 0 Å². The molecule has 0 aliphatic heterocycles. The Kier molecular flexibility index (Phi) is 5.09. The van der Waals surface area contributed by atoms with E-state index in [1.165, 1.54) is 12.8 Å². The molecule has 0 fully saturated rings. The van der Waals surface area contributed by atoms with Gasteiger partial charge in [-0.2, -0.15) is 0 Å². The molecule has 0 radical (unpaired) electrons. The van der Waals surface area contributed by atoms with Crippen LogP contribution >= 0.6 is 0 Å². The largest absolute Gasteiger partial charge is 0.382 e. The maximum atomic E-state index is 4.37. The normalized spacial score (nSPS) is 10.6. The highest BCUT2D eigenvalue weighted by Crippen LogP contribution is 2.21. The standard InChI is InChI=1S/C13H23N3/c1-5-11(6-2)10-15-12-8-7-9-14-13(12)16(3)4/h7-9,11,15H,5-6,10H2,1-4H3. The molecule has 0 spiro atoms. The lowest BCUT2D eigenvalue weighted by molar-refractivity contribution is 0.519. The Balaban J connectivity index is 2.66. The monoisotopic (exact) mass is 221 g/mol. The van der Waals surface area contributed by atoms with Gasteiger partial charge in [0, 0.05) is 26.8 Å². The smallest absolute Gasteiger partial charge is 0.151 e. The predicted molar refractivity (Wildman–Crippen MR) is 71.1 cm³/mol. The molecule has 0 aromatic carbocycles. The number of nitrogens with zero attached hydrogens (tertiary/aromatic N) is 2. The van der Waals surface area contributed by atoms with Crippen LogP contribution in [0.2, 0.25) is 0 Å². The fourth-order valence-electron chi connectivity index (χ4n) is 1.72. The van der Waals surface area contributed by atoms with Crippen LogP contribution in [0.5, 0.6) is 0 Å². The minimum absolute atomic E-state index is 0.746. The van der Waals surface area contributed by atoms with E-state index >= 15 is 0 Å². The first-order valence-electron chi connectivity index (χ1n) is 6.05. The van der Waals surface area contributed by atoms with E-state index in [0.717, 1.165) is 24.0 Å². The van der Waals surface area contributed by atoms with Crippen LogP contribution in [0.25, 0.3) is 0 Å². The lowest BCUT2D eigenvalue weighted by Crippen LogP contribution is -2.17. The van der Waals surface area contributed by atoms with E-state index in [9.17, 15) is 0 Å². The van der Waals surface area contributed by atoms with E-state index < -0.39 is 0 Å². The Bertz CT molecular complexity index is 306. The van der Waals surface area contributed by atoms with E-state index in [4.69, 9.17) is 0 Å². The van der Waals surface area contributed by atoms with Crippen LogP contribution in [0.4, 0.5) is 11.5 Å². The van der Waals surface area contributed by atoms with Crippen LogP contribution in [-0.4, -0.2) is 25.6 Å². The van der Waals surface area contributed by atoms with Gasteiger partial charge in [0.2, 0.25) is 0 Å². The molecule has 1 heterocycles. The summed E-state index contributed by atoms with van der Waals surface area (Å²) in [4.78, 5) is 6.41. The van der Waals surface area contributed by atoms with Crippen molar-refractivity contribution in [3.63, 3.8) is 0 Å². The molecule has 90 valence electrons. The summed E-state index contributed by atoms with van der Waals surface area (Å²) in [6, 6.07) is 4.06. The first kappa shape index (κ1) is 12.8. The minimum Gasteiger partial charge on any atom is -0.382 e. The fraction of sp³-hybridized carbons (Fsp3) is 0.615. The molecule has 0 bridgehead atoms. The quantitative estimate of drug-likeness (QED) is 0.800. The van der Waals surface area contributed by atoms with Gasteiger partial charge in [-0.1, -0.05) is 26.7 Å². The van der Waals surface area contributed by atoms with Crippen molar-refractivity contribution in [3.05, 3.63) is 18.3 Å². The first-order chi connectivity index (χ1) is 7.69. The molecule has 3 heteroatoms. The number of aromatic nitrogens is 1. The van der Waals surface area contributed by atoms with Crippen LogP contribution in [0.15, 0.2) is 18.3 Å². The fourth-order valence-corrected chi connectivity index (χ4v) is 1.72. The molecule has 1 N–H and O–H groups in total. The van der Waals surface area contributed by atoms with Crippen molar-refractivity contribution in [1.29, 1.82) is 0 Å². The van der Waals surface area contributed by atoms with Crippen molar-refractivity contribution < 1.29 is 0 Å². The third kappa shape index (κ3) is 3.40. The minimum atomic E-state index is 0.746. The van der Waals surface area contributed by atoms with Gasteiger partial charge >= 0.3 is 0 Å². The zero-order valence-electron chi connectivity index (χ0n) is 10.8. The molecular formula is C13H23N3.